The fraction of sp³-hybridized carbons (Fsp3) is 0.462. The lowest BCUT2D eigenvalue weighted by molar-refractivity contribution is 0.0908. The lowest BCUT2D eigenvalue weighted by atomic mass is 10.00. The average molecular weight is 297 g/mol. The second-order valence-corrected chi connectivity index (χ2v) is 5.81. The molecule has 1 aromatic carbocycles. The van der Waals surface area contributed by atoms with E-state index in [1.807, 2.05) is 0 Å². The topological polar surface area (TPSA) is 55.1 Å². The minimum absolute atomic E-state index is 0.0337. The summed E-state index contributed by atoms with van der Waals surface area (Å²) in [4.78, 5) is 12.1. The number of benzene rings is 1. The third kappa shape index (κ3) is 2.80. The Kier molecular flexibility index (Phi) is 3.43. The molecule has 92 valence electrons. The number of hydrogen-bond acceptors (Lipinski definition) is 2. The third-order valence-electron chi connectivity index (χ3n) is 3.38. The maximum atomic E-state index is 12.1. The molecule has 2 rings (SSSR count). The molecule has 1 saturated carbocycles. The van der Waals surface area contributed by atoms with Crippen LogP contribution in [-0.4, -0.2) is 11.4 Å². The van der Waals surface area contributed by atoms with Gasteiger partial charge in [-0.3, -0.25) is 4.79 Å². The van der Waals surface area contributed by atoms with Crippen LogP contribution in [0.25, 0.3) is 0 Å². The Morgan fingerprint density at radius 1 is 1.41 bits per heavy atom. The van der Waals surface area contributed by atoms with Crippen molar-refractivity contribution in [2.24, 2.45) is 0 Å². The molecule has 1 fully saturated rings. The summed E-state index contributed by atoms with van der Waals surface area (Å²) in [5, 5.41) is 3.11. The second kappa shape index (κ2) is 4.69. The van der Waals surface area contributed by atoms with E-state index in [1.54, 1.807) is 18.2 Å². The number of halogens is 1. The highest BCUT2D eigenvalue weighted by Crippen LogP contribution is 2.29. The van der Waals surface area contributed by atoms with E-state index < -0.39 is 0 Å². The molecular weight excluding hydrogens is 280 g/mol. The van der Waals surface area contributed by atoms with Crippen molar-refractivity contribution in [3.63, 3.8) is 0 Å². The van der Waals surface area contributed by atoms with E-state index in [4.69, 9.17) is 5.73 Å². The first kappa shape index (κ1) is 12.4. The van der Waals surface area contributed by atoms with Gasteiger partial charge in [-0.05, 0) is 53.9 Å². The summed E-state index contributed by atoms with van der Waals surface area (Å²) in [6, 6.07) is 5.30. The van der Waals surface area contributed by atoms with Gasteiger partial charge in [-0.1, -0.05) is 12.8 Å². The van der Waals surface area contributed by atoms with Crippen molar-refractivity contribution in [1.82, 2.24) is 5.32 Å². The number of hydrogen-bond donors (Lipinski definition) is 2. The number of carbonyl (C=O) groups excluding carboxylic acids is 1. The highest BCUT2D eigenvalue weighted by atomic mass is 79.9. The molecule has 0 heterocycles. The smallest absolute Gasteiger partial charge is 0.251 e. The summed E-state index contributed by atoms with van der Waals surface area (Å²) in [6.07, 6.45) is 4.51. The lowest BCUT2D eigenvalue weighted by Crippen LogP contribution is -2.43. The van der Waals surface area contributed by atoms with E-state index in [0.717, 1.165) is 17.3 Å². The third-order valence-corrected chi connectivity index (χ3v) is 4.10. The molecule has 0 bridgehead atoms. The van der Waals surface area contributed by atoms with Gasteiger partial charge >= 0.3 is 0 Å². The second-order valence-electron chi connectivity index (χ2n) is 4.96. The highest BCUT2D eigenvalue weighted by molar-refractivity contribution is 9.10. The quantitative estimate of drug-likeness (QED) is 0.824. The van der Waals surface area contributed by atoms with Crippen molar-refractivity contribution in [3.05, 3.63) is 28.2 Å². The maximum Gasteiger partial charge on any atom is 0.251 e. The van der Waals surface area contributed by atoms with E-state index >= 15 is 0 Å². The van der Waals surface area contributed by atoms with Gasteiger partial charge in [-0.25, -0.2) is 0 Å². The van der Waals surface area contributed by atoms with Gasteiger partial charge in [0.2, 0.25) is 0 Å². The average Bonchev–Trinajstić information content (AvgIpc) is 2.69. The van der Waals surface area contributed by atoms with Crippen molar-refractivity contribution >= 4 is 27.5 Å². The fourth-order valence-corrected chi connectivity index (χ4v) is 2.56. The molecule has 4 heteroatoms. The molecule has 0 aromatic heterocycles. The van der Waals surface area contributed by atoms with Gasteiger partial charge in [0, 0.05) is 21.3 Å². The summed E-state index contributed by atoms with van der Waals surface area (Å²) in [5.41, 5.74) is 6.95. The van der Waals surface area contributed by atoms with Crippen molar-refractivity contribution in [1.29, 1.82) is 0 Å². The zero-order valence-corrected chi connectivity index (χ0v) is 11.5. The summed E-state index contributed by atoms with van der Waals surface area (Å²) in [5.74, 6) is -0.0337. The predicted octanol–water partition coefficient (Wildman–Crippen LogP) is 3.09. The molecule has 0 radical (unpaired) electrons. The molecule has 1 aromatic rings. The Hall–Kier alpha value is -1.03. The van der Waals surface area contributed by atoms with Gasteiger partial charge in [0.05, 0.1) is 0 Å². The van der Waals surface area contributed by atoms with Gasteiger partial charge in [-0.15, -0.1) is 0 Å². The minimum Gasteiger partial charge on any atom is -0.398 e. The molecule has 0 aliphatic heterocycles. The molecular formula is C13H17BrN2O. The fourth-order valence-electron chi connectivity index (χ4n) is 2.31. The lowest BCUT2D eigenvalue weighted by Gasteiger charge is -2.25. The summed E-state index contributed by atoms with van der Waals surface area (Å²) in [6.45, 7) is 2.11. The number of anilines is 1. The summed E-state index contributed by atoms with van der Waals surface area (Å²) in [7, 11) is 0. The Morgan fingerprint density at radius 2 is 2.06 bits per heavy atom. The van der Waals surface area contributed by atoms with Gasteiger partial charge in [0.25, 0.3) is 5.91 Å². The molecule has 1 amide bonds. The Morgan fingerprint density at radius 3 is 2.65 bits per heavy atom. The molecule has 3 nitrogen and oxygen atoms in total. The number of carbonyl (C=O) groups is 1. The summed E-state index contributed by atoms with van der Waals surface area (Å²) >= 11 is 3.32. The number of nitrogens with two attached hydrogens (primary N) is 1. The van der Waals surface area contributed by atoms with Crippen LogP contribution < -0.4 is 11.1 Å². The first-order valence-corrected chi connectivity index (χ1v) is 6.67. The molecule has 0 atom stereocenters. The molecule has 3 N–H and O–H groups in total. The van der Waals surface area contributed by atoms with Crippen LogP contribution in [-0.2, 0) is 0 Å². The van der Waals surface area contributed by atoms with Crippen LogP contribution >= 0.6 is 15.9 Å². The largest absolute Gasteiger partial charge is 0.398 e. The van der Waals surface area contributed by atoms with Crippen LogP contribution in [0.2, 0.25) is 0 Å². The summed E-state index contributed by atoms with van der Waals surface area (Å²) < 4.78 is 0.820. The van der Waals surface area contributed by atoms with Gasteiger partial charge in [-0.2, -0.15) is 0 Å². The van der Waals surface area contributed by atoms with Crippen molar-refractivity contribution in [2.75, 3.05) is 5.73 Å². The molecule has 17 heavy (non-hydrogen) atoms. The van der Waals surface area contributed by atoms with E-state index in [-0.39, 0.29) is 11.4 Å². The van der Waals surface area contributed by atoms with Crippen LogP contribution in [0.4, 0.5) is 5.69 Å². The number of rotatable bonds is 2. The highest BCUT2D eigenvalue weighted by Gasteiger charge is 2.30. The standard InChI is InChI=1S/C13H17BrN2O/c1-13(6-2-3-7-13)16-12(17)9-4-5-10(14)11(15)8-9/h4-5,8H,2-3,6-7,15H2,1H3,(H,16,17). The Labute approximate surface area is 110 Å². The van der Waals surface area contributed by atoms with Crippen molar-refractivity contribution in [3.8, 4) is 0 Å². The van der Waals surface area contributed by atoms with Crippen molar-refractivity contribution < 1.29 is 4.79 Å². The number of nitrogens with one attached hydrogen (secondary N) is 1. The van der Waals surface area contributed by atoms with Crippen LogP contribution in [0.15, 0.2) is 22.7 Å². The van der Waals surface area contributed by atoms with E-state index in [1.165, 1.54) is 12.8 Å². The minimum atomic E-state index is -0.0427. The zero-order valence-electron chi connectivity index (χ0n) is 9.92. The van der Waals surface area contributed by atoms with E-state index in [0.29, 0.717) is 11.3 Å². The normalized spacial score (nSPS) is 18.0. The van der Waals surface area contributed by atoms with Crippen LogP contribution in [0.1, 0.15) is 43.0 Å². The zero-order chi connectivity index (χ0) is 12.5. The molecule has 0 spiro atoms. The molecule has 0 saturated heterocycles. The van der Waals surface area contributed by atoms with Crippen LogP contribution in [0.5, 0.6) is 0 Å². The first-order chi connectivity index (χ1) is 8.00. The molecule has 1 aliphatic carbocycles. The predicted molar refractivity (Wildman–Crippen MR) is 72.9 cm³/mol. The molecule has 0 unspecified atom stereocenters. The van der Waals surface area contributed by atoms with E-state index in [2.05, 4.69) is 28.2 Å². The Balaban J connectivity index is 2.11. The van der Waals surface area contributed by atoms with Gasteiger partial charge < -0.3 is 11.1 Å². The molecule has 1 aliphatic rings. The van der Waals surface area contributed by atoms with Crippen LogP contribution in [0.3, 0.4) is 0 Å². The monoisotopic (exact) mass is 296 g/mol. The van der Waals surface area contributed by atoms with Crippen molar-refractivity contribution in [2.45, 2.75) is 38.1 Å². The maximum absolute atomic E-state index is 12.1. The van der Waals surface area contributed by atoms with Gasteiger partial charge in [0.15, 0.2) is 0 Å². The van der Waals surface area contributed by atoms with Gasteiger partial charge in [0.1, 0.15) is 0 Å². The number of amides is 1. The SMILES string of the molecule is CC1(NC(=O)c2ccc(Br)c(N)c2)CCCC1. The number of nitrogen functional groups attached to an aromatic ring is 1. The van der Waals surface area contributed by atoms with Crippen LogP contribution in [0, 0.1) is 0 Å². The first-order valence-electron chi connectivity index (χ1n) is 5.88. The van der Waals surface area contributed by atoms with E-state index in [9.17, 15) is 4.79 Å². The Bertz CT molecular complexity index is 439.